The lowest BCUT2D eigenvalue weighted by atomic mass is 9.69. The molecular formula is C11H17F3N2O2. The number of amides is 1. The number of carbonyl (C=O) groups is 1. The van der Waals surface area contributed by atoms with Crippen molar-refractivity contribution in [2.24, 2.45) is 17.6 Å². The van der Waals surface area contributed by atoms with Gasteiger partial charge < -0.3 is 15.7 Å². The second-order valence-corrected chi connectivity index (χ2v) is 5.50. The molecule has 2 fully saturated rings. The molecule has 4 nitrogen and oxygen atoms in total. The van der Waals surface area contributed by atoms with E-state index in [0.717, 1.165) is 0 Å². The predicted molar refractivity (Wildman–Crippen MR) is 57.4 cm³/mol. The van der Waals surface area contributed by atoms with Crippen LogP contribution in [0.4, 0.5) is 13.2 Å². The molecule has 0 spiro atoms. The number of alkyl halides is 3. The average molecular weight is 266 g/mol. The van der Waals surface area contributed by atoms with E-state index >= 15 is 0 Å². The van der Waals surface area contributed by atoms with Gasteiger partial charge in [-0.15, -0.1) is 0 Å². The summed E-state index contributed by atoms with van der Waals surface area (Å²) in [5.41, 5.74) is 2.99. The monoisotopic (exact) mass is 266 g/mol. The van der Waals surface area contributed by atoms with E-state index in [1.54, 1.807) is 0 Å². The second kappa shape index (κ2) is 4.09. The lowest BCUT2D eigenvalue weighted by Crippen LogP contribution is -2.63. The van der Waals surface area contributed by atoms with Gasteiger partial charge in [-0.05, 0) is 19.8 Å². The van der Waals surface area contributed by atoms with Gasteiger partial charge in [0.1, 0.15) is 0 Å². The van der Waals surface area contributed by atoms with Gasteiger partial charge in [-0.2, -0.15) is 13.2 Å². The Labute approximate surface area is 103 Å². The van der Waals surface area contributed by atoms with Crippen LogP contribution < -0.4 is 5.73 Å². The maximum Gasteiger partial charge on any atom is 0.417 e. The molecule has 1 aliphatic carbocycles. The highest BCUT2D eigenvalue weighted by Crippen LogP contribution is 2.49. The first kappa shape index (κ1) is 13.6. The molecule has 0 aromatic rings. The number of halogens is 3. The molecule has 1 unspecified atom stereocenters. The zero-order valence-electron chi connectivity index (χ0n) is 10.1. The van der Waals surface area contributed by atoms with Crippen LogP contribution in [0.25, 0.3) is 0 Å². The Kier molecular flexibility index (Phi) is 3.09. The minimum atomic E-state index is -4.65. The van der Waals surface area contributed by atoms with Gasteiger partial charge in [0.25, 0.3) is 0 Å². The van der Waals surface area contributed by atoms with Gasteiger partial charge in [0.15, 0.2) is 5.60 Å². The molecule has 0 radical (unpaired) electrons. The fourth-order valence-electron chi connectivity index (χ4n) is 2.44. The van der Waals surface area contributed by atoms with Crippen molar-refractivity contribution in [3.05, 3.63) is 0 Å². The van der Waals surface area contributed by atoms with Gasteiger partial charge in [-0.25, -0.2) is 0 Å². The van der Waals surface area contributed by atoms with Crippen LogP contribution in [0, 0.1) is 11.8 Å². The van der Waals surface area contributed by atoms with Crippen molar-refractivity contribution < 1.29 is 23.1 Å². The number of aliphatic hydroxyl groups is 1. The van der Waals surface area contributed by atoms with E-state index in [2.05, 4.69) is 0 Å². The molecule has 104 valence electrons. The Morgan fingerprint density at radius 3 is 2.33 bits per heavy atom. The molecule has 1 atom stereocenters. The Morgan fingerprint density at radius 2 is 1.94 bits per heavy atom. The molecular weight excluding hydrogens is 249 g/mol. The van der Waals surface area contributed by atoms with Crippen LogP contribution in [0.3, 0.4) is 0 Å². The predicted octanol–water partition coefficient (Wildman–Crippen LogP) is 0.495. The molecule has 1 aliphatic heterocycles. The van der Waals surface area contributed by atoms with E-state index in [0.29, 0.717) is 13.1 Å². The van der Waals surface area contributed by atoms with Crippen molar-refractivity contribution in [2.45, 2.75) is 37.6 Å². The summed E-state index contributed by atoms with van der Waals surface area (Å²) in [7, 11) is 0. The van der Waals surface area contributed by atoms with Gasteiger partial charge >= 0.3 is 6.18 Å². The van der Waals surface area contributed by atoms with E-state index in [9.17, 15) is 23.1 Å². The van der Waals surface area contributed by atoms with E-state index < -0.39 is 30.5 Å². The second-order valence-electron chi connectivity index (χ2n) is 5.50. The fraction of sp³-hybridized carbons (Fsp3) is 0.909. The largest absolute Gasteiger partial charge is 0.417 e. The first-order chi connectivity index (χ1) is 8.14. The molecule has 0 bridgehead atoms. The van der Waals surface area contributed by atoms with E-state index in [4.69, 9.17) is 5.73 Å². The summed E-state index contributed by atoms with van der Waals surface area (Å²) in [4.78, 5) is 13.3. The lowest BCUT2D eigenvalue weighted by molar-refractivity contribution is -0.297. The van der Waals surface area contributed by atoms with Gasteiger partial charge in [0.05, 0.1) is 0 Å². The quantitative estimate of drug-likeness (QED) is 0.764. The third-order valence-corrected chi connectivity index (χ3v) is 4.01. The third-order valence-electron chi connectivity index (χ3n) is 4.01. The van der Waals surface area contributed by atoms with E-state index in [1.807, 2.05) is 6.92 Å². The number of hydrogen-bond acceptors (Lipinski definition) is 3. The highest BCUT2D eigenvalue weighted by molar-refractivity contribution is 5.81. The van der Waals surface area contributed by atoms with Crippen LogP contribution in [0.2, 0.25) is 0 Å². The Hall–Kier alpha value is -0.820. The van der Waals surface area contributed by atoms with Gasteiger partial charge in [-0.3, -0.25) is 4.79 Å². The number of likely N-dealkylation sites (tertiary alicyclic amines) is 1. The number of hydrogen-bond donors (Lipinski definition) is 2. The van der Waals surface area contributed by atoms with Crippen LogP contribution >= 0.6 is 0 Å². The molecule has 18 heavy (non-hydrogen) atoms. The number of rotatable bonds is 2. The molecule has 2 aliphatic rings. The minimum Gasteiger partial charge on any atom is -0.380 e. The molecule has 1 saturated heterocycles. The van der Waals surface area contributed by atoms with Crippen molar-refractivity contribution in [1.82, 2.24) is 4.90 Å². The van der Waals surface area contributed by atoms with Crippen molar-refractivity contribution in [2.75, 3.05) is 13.1 Å². The summed E-state index contributed by atoms with van der Waals surface area (Å²) in [6, 6.07) is -0.0115. The summed E-state index contributed by atoms with van der Waals surface area (Å²) in [6.07, 6.45) is -5.68. The van der Waals surface area contributed by atoms with Crippen LogP contribution in [0.1, 0.15) is 19.8 Å². The zero-order valence-corrected chi connectivity index (χ0v) is 10.1. The van der Waals surface area contributed by atoms with Gasteiger partial charge in [0.2, 0.25) is 5.91 Å². The van der Waals surface area contributed by atoms with Crippen LogP contribution in [-0.2, 0) is 4.79 Å². The Bertz CT molecular complexity index is 345. The van der Waals surface area contributed by atoms with Gasteiger partial charge in [-0.1, -0.05) is 0 Å². The summed E-state index contributed by atoms with van der Waals surface area (Å²) in [5, 5.41) is 9.26. The summed E-state index contributed by atoms with van der Waals surface area (Å²) < 4.78 is 37.2. The smallest absolute Gasteiger partial charge is 0.380 e. The summed E-state index contributed by atoms with van der Waals surface area (Å²) in [6.45, 7) is 2.87. The number of carbonyl (C=O) groups excluding carboxylic acids is 1. The maximum absolute atomic E-state index is 12.4. The zero-order chi connectivity index (χ0) is 13.7. The topological polar surface area (TPSA) is 66.6 Å². The maximum atomic E-state index is 12.4. The summed E-state index contributed by atoms with van der Waals surface area (Å²) in [5.74, 6) is -0.762. The SMILES string of the molecule is CC(N)C1CN(C(=O)C2CC(O)(C(F)(F)F)C2)C1. The molecule has 1 saturated carbocycles. The Morgan fingerprint density at radius 1 is 1.44 bits per heavy atom. The molecule has 1 heterocycles. The minimum absolute atomic E-state index is 0.0115. The number of nitrogens with two attached hydrogens (primary N) is 1. The molecule has 7 heteroatoms. The third kappa shape index (κ3) is 2.09. The first-order valence-electron chi connectivity index (χ1n) is 5.97. The molecule has 2 rings (SSSR count). The Balaban J connectivity index is 1.82. The average Bonchev–Trinajstić information content (AvgIpc) is 2.07. The highest BCUT2D eigenvalue weighted by Gasteiger charge is 2.63. The van der Waals surface area contributed by atoms with Crippen molar-refractivity contribution >= 4 is 5.91 Å². The molecule has 0 aromatic heterocycles. The standard InChI is InChI=1S/C11H17F3N2O2/c1-6(15)8-4-16(5-8)9(17)7-2-10(18,3-7)11(12,13)14/h6-8,18H,2-5,15H2,1H3. The van der Waals surface area contributed by atoms with Crippen molar-refractivity contribution in [3.8, 4) is 0 Å². The lowest BCUT2D eigenvalue weighted by Gasteiger charge is -2.48. The molecule has 0 aromatic carbocycles. The fourth-order valence-corrected chi connectivity index (χ4v) is 2.44. The van der Waals surface area contributed by atoms with Crippen molar-refractivity contribution in [3.63, 3.8) is 0 Å². The van der Waals surface area contributed by atoms with Gasteiger partial charge in [0, 0.05) is 31.0 Å². The van der Waals surface area contributed by atoms with Crippen molar-refractivity contribution in [1.29, 1.82) is 0 Å². The van der Waals surface area contributed by atoms with Crippen LogP contribution in [-0.4, -0.2) is 46.8 Å². The van der Waals surface area contributed by atoms with E-state index in [-0.39, 0.29) is 17.9 Å². The molecule has 3 N–H and O–H groups in total. The highest BCUT2D eigenvalue weighted by atomic mass is 19.4. The summed E-state index contributed by atoms with van der Waals surface area (Å²) >= 11 is 0. The van der Waals surface area contributed by atoms with E-state index in [1.165, 1.54) is 4.90 Å². The normalized spacial score (nSPS) is 34.8. The number of nitrogens with zero attached hydrogens (tertiary/aromatic N) is 1. The first-order valence-corrected chi connectivity index (χ1v) is 5.97. The van der Waals surface area contributed by atoms with Crippen LogP contribution in [0.5, 0.6) is 0 Å². The molecule has 1 amide bonds. The van der Waals surface area contributed by atoms with Crippen LogP contribution in [0.15, 0.2) is 0 Å².